The number of amides is 3. The fraction of sp³-hybridized carbons (Fsp3) is 0.0938. The van der Waals surface area contributed by atoms with Crippen molar-refractivity contribution in [3.63, 3.8) is 0 Å². The van der Waals surface area contributed by atoms with Crippen molar-refractivity contribution in [3.05, 3.63) is 130 Å². The van der Waals surface area contributed by atoms with Gasteiger partial charge in [-0.25, -0.2) is 0 Å². The Labute approximate surface area is 253 Å². The Morgan fingerprint density at radius 1 is 0.814 bits per heavy atom. The van der Waals surface area contributed by atoms with Crippen LogP contribution in [0.2, 0.25) is 0 Å². The zero-order valence-corrected chi connectivity index (χ0v) is 24.3. The fourth-order valence-corrected chi connectivity index (χ4v) is 4.52. The summed E-state index contributed by atoms with van der Waals surface area (Å²) in [4.78, 5) is 51.5. The van der Waals surface area contributed by atoms with E-state index in [1.54, 1.807) is 60.7 Å². The van der Waals surface area contributed by atoms with Gasteiger partial charge in [-0.1, -0.05) is 30.3 Å². The van der Waals surface area contributed by atoms with E-state index in [9.17, 15) is 24.5 Å². The van der Waals surface area contributed by atoms with Crippen LogP contribution in [0, 0.1) is 10.1 Å². The molecule has 43 heavy (non-hydrogen) atoms. The summed E-state index contributed by atoms with van der Waals surface area (Å²) in [5, 5.41) is 19.0. The topological polar surface area (TPSA) is 134 Å². The number of carbonyl (C=O) groups is 3. The first kappa shape index (κ1) is 30.5. The van der Waals surface area contributed by atoms with Crippen molar-refractivity contribution in [3.8, 4) is 0 Å². The van der Waals surface area contributed by atoms with Gasteiger partial charge in [-0.15, -0.1) is 11.8 Å². The average Bonchev–Trinajstić information content (AvgIpc) is 3.01. The molecule has 10 nitrogen and oxygen atoms in total. The van der Waals surface area contributed by atoms with E-state index >= 15 is 0 Å². The smallest absolute Gasteiger partial charge is 0.272 e. The molecule has 0 aliphatic heterocycles. The van der Waals surface area contributed by atoms with Crippen molar-refractivity contribution < 1.29 is 19.3 Å². The molecule has 218 valence electrons. The summed E-state index contributed by atoms with van der Waals surface area (Å²) < 4.78 is 0. The maximum atomic E-state index is 13.3. The summed E-state index contributed by atoms with van der Waals surface area (Å²) >= 11 is 1.30. The number of nitro benzene ring substituents is 1. The van der Waals surface area contributed by atoms with Crippen LogP contribution in [-0.4, -0.2) is 42.5 Å². The first-order chi connectivity index (χ1) is 20.7. The molecule has 0 heterocycles. The highest BCUT2D eigenvalue weighted by atomic mass is 32.2. The Kier molecular flexibility index (Phi) is 10.3. The van der Waals surface area contributed by atoms with Crippen LogP contribution in [-0.2, 0) is 9.59 Å². The summed E-state index contributed by atoms with van der Waals surface area (Å²) in [6.45, 7) is 0. The Morgan fingerprint density at radius 3 is 2.02 bits per heavy atom. The molecule has 4 rings (SSSR count). The molecule has 3 N–H and O–H groups in total. The monoisotopic (exact) mass is 595 g/mol. The van der Waals surface area contributed by atoms with Gasteiger partial charge in [0.15, 0.2) is 0 Å². The zero-order valence-electron chi connectivity index (χ0n) is 23.4. The maximum absolute atomic E-state index is 13.3. The van der Waals surface area contributed by atoms with Crippen LogP contribution in [0.1, 0.15) is 15.9 Å². The fourth-order valence-electron chi connectivity index (χ4n) is 3.82. The van der Waals surface area contributed by atoms with Crippen molar-refractivity contribution in [2.75, 3.05) is 35.4 Å². The Balaban J connectivity index is 1.39. The highest BCUT2D eigenvalue weighted by Crippen LogP contribution is 2.22. The predicted octanol–water partition coefficient (Wildman–Crippen LogP) is 5.80. The largest absolute Gasteiger partial charge is 0.378 e. The van der Waals surface area contributed by atoms with Crippen molar-refractivity contribution in [1.29, 1.82) is 0 Å². The lowest BCUT2D eigenvalue weighted by atomic mass is 10.1. The van der Waals surface area contributed by atoms with E-state index in [0.29, 0.717) is 16.9 Å². The second kappa shape index (κ2) is 14.5. The van der Waals surface area contributed by atoms with Crippen molar-refractivity contribution in [2.45, 2.75) is 4.90 Å². The van der Waals surface area contributed by atoms with Gasteiger partial charge in [0.05, 0.1) is 10.7 Å². The minimum atomic E-state index is -0.505. The molecule has 0 saturated heterocycles. The Hall–Kier alpha value is -5.42. The molecule has 3 amide bonds. The normalized spacial score (nSPS) is 10.9. The van der Waals surface area contributed by atoms with Gasteiger partial charge in [-0.2, -0.15) is 0 Å². The summed E-state index contributed by atoms with van der Waals surface area (Å²) in [6, 6.07) is 28.7. The van der Waals surface area contributed by atoms with E-state index in [1.807, 2.05) is 43.3 Å². The van der Waals surface area contributed by atoms with Gasteiger partial charge in [0.2, 0.25) is 5.91 Å². The Morgan fingerprint density at radius 2 is 1.42 bits per heavy atom. The van der Waals surface area contributed by atoms with Gasteiger partial charge in [-0.3, -0.25) is 24.5 Å². The lowest BCUT2D eigenvalue weighted by molar-refractivity contribution is -0.384. The number of carbonyl (C=O) groups excluding carboxylic acids is 3. The summed E-state index contributed by atoms with van der Waals surface area (Å²) in [6.07, 6.45) is 1.61. The number of benzene rings is 4. The predicted molar refractivity (Wildman–Crippen MR) is 170 cm³/mol. The van der Waals surface area contributed by atoms with E-state index in [0.717, 1.165) is 16.1 Å². The molecule has 0 aliphatic rings. The van der Waals surface area contributed by atoms with Gasteiger partial charge in [0, 0.05) is 53.7 Å². The van der Waals surface area contributed by atoms with Gasteiger partial charge in [0.1, 0.15) is 5.70 Å². The number of rotatable bonds is 11. The molecule has 11 heteroatoms. The molecule has 4 aromatic rings. The summed E-state index contributed by atoms with van der Waals surface area (Å²) in [5.41, 5.74) is 3.15. The van der Waals surface area contributed by atoms with E-state index < -0.39 is 16.7 Å². The molecular weight excluding hydrogens is 566 g/mol. The van der Waals surface area contributed by atoms with E-state index in [4.69, 9.17) is 0 Å². The van der Waals surface area contributed by atoms with Crippen LogP contribution in [0.3, 0.4) is 0 Å². The number of hydrogen-bond donors (Lipinski definition) is 3. The third-order valence-corrected chi connectivity index (χ3v) is 7.11. The lowest BCUT2D eigenvalue weighted by Crippen LogP contribution is -2.30. The molecule has 0 unspecified atom stereocenters. The average molecular weight is 596 g/mol. The van der Waals surface area contributed by atoms with Crippen LogP contribution in [0.15, 0.2) is 114 Å². The number of nitrogens with one attached hydrogen (secondary N) is 3. The molecule has 0 aromatic heterocycles. The van der Waals surface area contributed by atoms with Gasteiger partial charge in [-0.05, 0) is 72.3 Å². The molecule has 0 bridgehead atoms. The first-order valence-corrected chi connectivity index (χ1v) is 14.1. The Bertz CT molecular complexity index is 1620. The third-order valence-electron chi connectivity index (χ3n) is 6.09. The number of thioether (sulfide) groups is 1. The molecule has 0 aliphatic carbocycles. The molecule has 0 radical (unpaired) electrons. The number of nitrogens with zero attached hydrogens (tertiary/aromatic N) is 2. The van der Waals surface area contributed by atoms with Crippen LogP contribution >= 0.6 is 11.8 Å². The van der Waals surface area contributed by atoms with Crippen molar-refractivity contribution >= 4 is 58.3 Å². The van der Waals surface area contributed by atoms with Gasteiger partial charge in [0.25, 0.3) is 17.5 Å². The summed E-state index contributed by atoms with van der Waals surface area (Å²) in [5.74, 6) is -1.05. The number of non-ortho nitro benzene ring substituents is 1. The highest BCUT2D eigenvalue weighted by molar-refractivity contribution is 8.00. The standard InChI is InChI=1S/C32H29N5O5S/c1-36(2)26-14-8-22(9-15-26)20-29(35-31(39)23-6-4-3-5-7-23)32(40)34-25-12-18-28(19-13-25)43-21-30(38)33-24-10-16-27(17-11-24)37(41)42/h3-20H,21H2,1-2H3,(H,33,38)(H,34,40)(H,35,39)/b29-20-. The second-order valence-electron chi connectivity index (χ2n) is 9.48. The van der Waals surface area contributed by atoms with E-state index in [2.05, 4.69) is 16.0 Å². The number of hydrogen-bond acceptors (Lipinski definition) is 7. The SMILES string of the molecule is CN(C)c1ccc(/C=C(\NC(=O)c2ccccc2)C(=O)Nc2ccc(SCC(=O)Nc3ccc([N+](=O)[O-])cc3)cc2)cc1. The van der Waals surface area contributed by atoms with Gasteiger partial charge >= 0.3 is 0 Å². The maximum Gasteiger partial charge on any atom is 0.272 e. The minimum absolute atomic E-state index is 0.0561. The molecule has 0 atom stereocenters. The number of nitro groups is 1. The third kappa shape index (κ3) is 9.03. The quantitative estimate of drug-likeness (QED) is 0.0864. The minimum Gasteiger partial charge on any atom is -0.378 e. The lowest BCUT2D eigenvalue weighted by Gasteiger charge is -2.13. The molecule has 0 fully saturated rings. The summed E-state index contributed by atoms with van der Waals surface area (Å²) in [7, 11) is 3.87. The highest BCUT2D eigenvalue weighted by Gasteiger charge is 2.15. The molecule has 4 aromatic carbocycles. The van der Waals surface area contributed by atoms with Crippen LogP contribution in [0.25, 0.3) is 6.08 Å². The van der Waals surface area contributed by atoms with E-state index in [1.165, 1.54) is 36.0 Å². The van der Waals surface area contributed by atoms with Crippen LogP contribution in [0.5, 0.6) is 0 Å². The van der Waals surface area contributed by atoms with Crippen molar-refractivity contribution in [2.24, 2.45) is 0 Å². The van der Waals surface area contributed by atoms with Crippen LogP contribution in [0.4, 0.5) is 22.7 Å². The number of anilines is 3. The second-order valence-corrected chi connectivity index (χ2v) is 10.5. The van der Waals surface area contributed by atoms with E-state index in [-0.39, 0.29) is 23.0 Å². The molecule has 0 spiro atoms. The van der Waals surface area contributed by atoms with Gasteiger partial charge < -0.3 is 20.9 Å². The molecule has 0 saturated carbocycles. The van der Waals surface area contributed by atoms with Crippen molar-refractivity contribution in [1.82, 2.24) is 5.32 Å². The first-order valence-electron chi connectivity index (χ1n) is 13.1. The zero-order chi connectivity index (χ0) is 30.8. The molecular formula is C32H29N5O5S. The van der Waals surface area contributed by atoms with Crippen LogP contribution < -0.4 is 20.9 Å².